The quantitative estimate of drug-likeness (QED) is 0.399. The first-order valence-corrected chi connectivity index (χ1v) is 12.1. The maximum atomic E-state index is 13.1. The van der Waals surface area contributed by atoms with E-state index >= 15 is 0 Å². The van der Waals surface area contributed by atoms with Crippen LogP contribution in [-0.2, 0) is 16.4 Å². The van der Waals surface area contributed by atoms with Gasteiger partial charge in [-0.2, -0.15) is 5.10 Å². The highest BCUT2D eigenvalue weighted by atomic mass is 32.2. The van der Waals surface area contributed by atoms with Crippen molar-refractivity contribution in [2.75, 3.05) is 11.3 Å². The van der Waals surface area contributed by atoms with E-state index in [9.17, 15) is 17.6 Å². The number of nitrogens with one attached hydrogen (secondary N) is 2. The van der Waals surface area contributed by atoms with Crippen LogP contribution in [0.3, 0.4) is 0 Å². The highest BCUT2D eigenvalue weighted by Gasteiger charge is 2.18. The van der Waals surface area contributed by atoms with Crippen molar-refractivity contribution in [2.45, 2.75) is 18.2 Å². The Morgan fingerprint density at radius 2 is 1.76 bits per heavy atom. The van der Waals surface area contributed by atoms with Crippen molar-refractivity contribution in [1.29, 1.82) is 0 Å². The molecule has 7 nitrogen and oxygen atoms in total. The molecule has 0 aliphatic carbocycles. The Morgan fingerprint density at radius 1 is 1.03 bits per heavy atom. The molecule has 34 heavy (non-hydrogen) atoms. The van der Waals surface area contributed by atoms with Crippen LogP contribution in [0, 0.1) is 12.7 Å². The van der Waals surface area contributed by atoms with E-state index in [1.807, 2.05) is 36.5 Å². The number of hydrogen-bond donors (Lipinski definition) is 2. The van der Waals surface area contributed by atoms with Crippen LogP contribution in [0.1, 0.15) is 21.5 Å². The van der Waals surface area contributed by atoms with Crippen molar-refractivity contribution in [3.8, 4) is 5.69 Å². The molecule has 1 aromatic heterocycles. The van der Waals surface area contributed by atoms with E-state index in [0.29, 0.717) is 18.5 Å². The maximum Gasteiger partial charge on any atom is 0.261 e. The fraction of sp³-hybridized carbons (Fsp3) is 0.120. The zero-order valence-corrected chi connectivity index (χ0v) is 19.2. The number of carbonyl (C=O) groups excluding carboxylic acids is 1. The van der Waals surface area contributed by atoms with Gasteiger partial charge in [-0.1, -0.05) is 18.2 Å². The monoisotopic (exact) mass is 478 g/mol. The predicted molar refractivity (Wildman–Crippen MR) is 128 cm³/mol. The first-order valence-electron chi connectivity index (χ1n) is 10.6. The molecule has 0 radical (unpaired) electrons. The number of amides is 1. The van der Waals surface area contributed by atoms with Crippen LogP contribution in [0.15, 0.2) is 90.1 Å². The average Bonchev–Trinajstić information content (AvgIpc) is 3.36. The summed E-state index contributed by atoms with van der Waals surface area (Å²) >= 11 is 0. The van der Waals surface area contributed by atoms with Gasteiger partial charge in [0, 0.05) is 30.2 Å². The van der Waals surface area contributed by atoms with Crippen LogP contribution < -0.4 is 10.0 Å². The molecule has 0 atom stereocenters. The number of benzene rings is 3. The first kappa shape index (κ1) is 23.2. The van der Waals surface area contributed by atoms with E-state index in [4.69, 9.17) is 0 Å². The molecule has 9 heteroatoms. The second kappa shape index (κ2) is 9.88. The van der Waals surface area contributed by atoms with Gasteiger partial charge in [0.15, 0.2) is 0 Å². The fourth-order valence-electron chi connectivity index (χ4n) is 3.40. The van der Waals surface area contributed by atoms with Crippen LogP contribution >= 0.6 is 0 Å². The molecule has 1 amide bonds. The molecule has 0 aliphatic rings. The number of anilines is 1. The van der Waals surface area contributed by atoms with Crippen molar-refractivity contribution in [3.05, 3.63) is 108 Å². The third-order valence-corrected chi connectivity index (χ3v) is 6.64. The molecule has 1 heterocycles. The van der Waals surface area contributed by atoms with Crippen molar-refractivity contribution >= 4 is 21.6 Å². The largest absolute Gasteiger partial charge is 0.352 e. The lowest BCUT2D eigenvalue weighted by molar-refractivity contribution is 0.0953. The minimum Gasteiger partial charge on any atom is -0.352 e. The second-order valence-electron chi connectivity index (χ2n) is 7.71. The molecule has 3 aromatic carbocycles. The Hall–Kier alpha value is -3.98. The number of sulfonamides is 1. The average molecular weight is 479 g/mol. The molecule has 4 aromatic rings. The number of carbonyl (C=O) groups is 1. The van der Waals surface area contributed by atoms with Gasteiger partial charge in [-0.25, -0.2) is 17.5 Å². The summed E-state index contributed by atoms with van der Waals surface area (Å²) < 4.78 is 42.7. The third kappa shape index (κ3) is 5.49. The standard InChI is InChI=1S/C25H23FN4O3S/c1-18-3-12-23(34(32,33)29-21-8-6-20(26)7-9-21)17-24(18)25(31)27-15-13-19-4-10-22(11-5-19)30-16-2-14-28-30/h2-12,14,16-17,29H,13,15H2,1H3,(H,27,31). The zero-order valence-electron chi connectivity index (χ0n) is 18.4. The Balaban J connectivity index is 1.40. The van der Waals surface area contributed by atoms with Crippen LogP contribution in [-0.4, -0.2) is 30.7 Å². The van der Waals surface area contributed by atoms with E-state index in [-0.39, 0.29) is 22.1 Å². The smallest absolute Gasteiger partial charge is 0.261 e. The van der Waals surface area contributed by atoms with E-state index in [0.717, 1.165) is 23.4 Å². The van der Waals surface area contributed by atoms with E-state index in [1.165, 1.54) is 24.3 Å². The summed E-state index contributed by atoms with van der Waals surface area (Å²) in [5, 5.41) is 7.04. The Kier molecular flexibility index (Phi) is 6.74. The van der Waals surface area contributed by atoms with E-state index in [1.54, 1.807) is 23.9 Å². The van der Waals surface area contributed by atoms with Gasteiger partial charge in [0.1, 0.15) is 5.82 Å². The predicted octanol–water partition coefficient (Wildman–Crippen LogP) is 4.09. The lowest BCUT2D eigenvalue weighted by Crippen LogP contribution is -2.27. The molecule has 0 saturated heterocycles. The molecule has 0 unspecified atom stereocenters. The summed E-state index contributed by atoms with van der Waals surface area (Å²) in [5.74, 6) is -0.824. The van der Waals surface area contributed by atoms with Crippen molar-refractivity contribution in [3.63, 3.8) is 0 Å². The van der Waals surface area contributed by atoms with Gasteiger partial charge in [0.05, 0.1) is 10.6 Å². The molecule has 0 aliphatic heterocycles. The summed E-state index contributed by atoms with van der Waals surface area (Å²) in [5.41, 5.74) is 3.15. The number of rotatable bonds is 8. The number of halogens is 1. The molecule has 4 rings (SSSR count). The second-order valence-corrected chi connectivity index (χ2v) is 9.39. The lowest BCUT2D eigenvalue weighted by atomic mass is 10.1. The first-order chi connectivity index (χ1) is 16.3. The van der Waals surface area contributed by atoms with E-state index in [2.05, 4.69) is 15.1 Å². The molecule has 0 fully saturated rings. The molecular weight excluding hydrogens is 455 g/mol. The normalized spacial score (nSPS) is 11.2. The van der Waals surface area contributed by atoms with Gasteiger partial charge in [0.25, 0.3) is 15.9 Å². The molecule has 174 valence electrons. The van der Waals surface area contributed by atoms with Crippen LogP contribution in [0.4, 0.5) is 10.1 Å². The third-order valence-electron chi connectivity index (χ3n) is 5.26. The summed E-state index contributed by atoms with van der Waals surface area (Å²) in [6.07, 6.45) is 4.19. The Bertz CT molecular complexity index is 1390. The maximum absolute atomic E-state index is 13.1. The topological polar surface area (TPSA) is 93.1 Å². The van der Waals surface area contributed by atoms with Crippen molar-refractivity contribution in [1.82, 2.24) is 15.1 Å². The summed E-state index contributed by atoms with van der Waals surface area (Å²) in [7, 11) is -3.94. The van der Waals surface area contributed by atoms with Crippen LogP contribution in [0.2, 0.25) is 0 Å². The molecule has 0 saturated carbocycles. The minimum atomic E-state index is -3.94. The molecule has 2 N–H and O–H groups in total. The number of aryl methyl sites for hydroxylation is 1. The Morgan fingerprint density at radius 3 is 2.44 bits per heavy atom. The number of aromatic nitrogens is 2. The number of nitrogens with zero attached hydrogens (tertiary/aromatic N) is 2. The van der Waals surface area contributed by atoms with Crippen LogP contribution in [0.25, 0.3) is 5.69 Å². The van der Waals surface area contributed by atoms with E-state index < -0.39 is 15.8 Å². The van der Waals surface area contributed by atoms with Crippen molar-refractivity contribution < 1.29 is 17.6 Å². The van der Waals surface area contributed by atoms with Crippen molar-refractivity contribution in [2.24, 2.45) is 0 Å². The SMILES string of the molecule is Cc1ccc(S(=O)(=O)Nc2ccc(F)cc2)cc1C(=O)NCCc1ccc(-n2cccn2)cc1. The van der Waals surface area contributed by atoms with Gasteiger partial charge in [0.2, 0.25) is 0 Å². The van der Waals surface area contributed by atoms with Crippen LogP contribution in [0.5, 0.6) is 0 Å². The van der Waals surface area contributed by atoms with Gasteiger partial charge < -0.3 is 5.32 Å². The van der Waals surface area contributed by atoms with Gasteiger partial charge >= 0.3 is 0 Å². The van der Waals surface area contributed by atoms with Gasteiger partial charge in [-0.05, 0) is 79.1 Å². The molecular formula is C25H23FN4O3S. The summed E-state index contributed by atoms with van der Waals surface area (Å²) in [4.78, 5) is 12.7. The highest BCUT2D eigenvalue weighted by molar-refractivity contribution is 7.92. The van der Waals surface area contributed by atoms with Gasteiger partial charge in [-0.3, -0.25) is 9.52 Å². The summed E-state index contributed by atoms with van der Waals surface area (Å²) in [6, 6.07) is 19.1. The number of hydrogen-bond acceptors (Lipinski definition) is 4. The van der Waals surface area contributed by atoms with Gasteiger partial charge in [-0.15, -0.1) is 0 Å². The highest BCUT2D eigenvalue weighted by Crippen LogP contribution is 2.20. The Labute approximate surface area is 197 Å². The lowest BCUT2D eigenvalue weighted by Gasteiger charge is -2.12. The zero-order chi connectivity index (χ0) is 24.1. The fourth-order valence-corrected chi connectivity index (χ4v) is 4.48. The molecule has 0 spiro atoms. The molecule has 0 bridgehead atoms. The summed E-state index contributed by atoms with van der Waals surface area (Å²) in [6.45, 7) is 2.14. The minimum absolute atomic E-state index is 0.0539.